The van der Waals surface area contributed by atoms with E-state index in [0.29, 0.717) is 11.0 Å². The molecule has 0 spiro atoms. The number of ether oxygens (including phenoxy) is 1. The number of nitrogens with one attached hydrogen (secondary N) is 1. The summed E-state index contributed by atoms with van der Waals surface area (Å²) in [7, 11) is 1.64. The second-order valence-electron chi connectivity index (χ2n) is 6.48. The molecule has 5 nitrogen and oxygen atoms in total. The van der Waals surface area contributed by atoms with Crippen LogP contribution in [0.15, 0.2) is 90.0 Å². The zero-order valence-electron chi connectivity index (χ0n) is 16.3. The molecule has 0 radical (unpaired) electrons. The van der Waals surface area contributed by atoms with Crippen LogP contribution in [0.4, 0.5) is 5.95 Å². The minimum absolute atomic E-state index is 0.408. The lowest BCUT2D eigenvalue weighted by molar-refractivity contribution is 0.415. The Bertz CT molecular complexity index is 1140. The van der Waals surface area contributed by atoms with Gasteiger partial charge in [0, 0.05) is 16.1 Å². The second kappa shape index (κ2) is 9.20. The maximum absolute atomic E-state index is 6.03. The van der Waals surface area contributed by atoms with E-state index < -0.39 is 0 Å². The predicted octanol–water partition coefficient (Wildman–Crippen LogP) is 5.92. The van der Waals surface area contributed by atoms with Gasteiger partial charge in [0.05, 0.1) is 24.7 Å². The van der Waals surface area contributed by atoms with Gasteiger partial charge in [0.25, 0.3) is 0 Å². The number of halogens is 1. The third kappa shape index (κ3) is 4.82. The summed E-state index contributed by atoms with van der Waals surface area (Å²) in [4.78, 5) is 9.24. The Morgan fingerprint density at radius 1 is 0.833 bits per heavy atom. The Morgan fingerprint density at radius 3 is 2.10 bits per heavy atom. The van der Waals surface area contributed by atoms with Crippen LogP contribution in [0, 0.1) is 0 Å². The summed E-state index contributed by atoms with van der Waals surface area (Å²) in [5, 5.41) is 4.97. The van der Waals surface area contributed by atoms with Gasteiger partial charge >= 0.3 is 0 Å². The van der Waals surface area contributed by atoms with Crippen molar-refractivity contribution in [3.8, 4) is 28.3 Å². The van der Waals surface area contributed by atoms with Crippen LogP contribution in [0.25, 0.3) is 22.5 Å². The molecule has 148 valence electrons. The molecule has 0 aliphatic rings. The van der Waals surface area contributed by atoms with E-state index in [1.807, 2.05) is 84.9 Å². The summed E-state index contributed by atoms with van der Waals surface area (Å²) in [6, 6.07) is 27.1. The molecule has 0 bridgehead atoms. The van der Waals surface area contributed by atoms with E-state index in [0.717, 1.165) is 33.8 Å². The highest BCUT2D eigenvalue weighted by atomic mass is 35.5. The molecule has 0 atom stereocenters. The summed E-state index contributed by atoms with van der Waals surface area (Å²) in [6.45, 7) is 0. The minimum atomic E-state index is 0.408. The van der Waals surface area contributed by atoms with Crippen molar-refractivity contribution >= 4 is 23.8 Å². The molecular weight excluding hydrogens is 396 g/mol. The largest absolute Gasteiger partial charge is 0.497 e. The smallest absolute Gasteiger partial charge is 0.244 e. The average molecular weight is 415 g/mol. The number of methoxy groups -OCH3 is 1. The second-order valence-corrected chi connectivity index (χ2v) is 6.91. The molecule has 4 aromatic rings. The first-order chi connectivity index (χ1) is 14.7. The normalized spacial score (nSPS) is 10.9. The zero-order valence-corrected chi connectivity index (χ0v) is 17.0. The Balaban J connectivity index is 1.64. The third-order valence-corrected chi connectivity index (χ3v) is 4.68. The van der Waals surface area contributed by atoms with Gasteiger partial charge < -0.3 is 4.74 Å². The fourth-order valence-corrected chi connectivity index (χ4v) is 3.00. The molecule has 0 unspecified atom stereocenters. The fraction of sp³-hybridized carbons (Fsp3) is 0.0417. The number of aromatic nitrogens is 2. The van der Waals surface area contributed by atoms with Crippen molar-refractivity contribution in [2.75, 3.05) is 12.5 Å². The SMILES string of the molecule is COc1ccc(/C=N\Nc2nc(-c3ccccc3)cc(-c3ccc(Cl)cc3)n2)cc1. The molecule has 0 aliphatic heterocycles. The average Bonchev–Trinajstić information content (AvgIpc) is 2.80. The summed E-state index contributed by atoms with van der Waals surface area (Å²) < 4.78 is 5.17. The van der Waals surface area contributed by atoms with Crippen LogP contribution in [0.2, 0.25) is 5.02 Å². The van der Waals surface area contributed by atoms with E-state index in [-0.39, 0.29) is 0 Å². The Labute approximate surface area is 180 Å². The molecule has 0 saturated heterocycles. The van der Waals surface area contributed by atoms with Crippen molar-refractivity contribution in [2.24, 2.45) is 5.10 Å². The van der Waals surface area contributed by atoms with Gasteiger partial charge in [-0.1, -0.05) is 54.1 Å². The number of hydrazone groups is 1. The standard InChI is InChI=1S/C24H19ClN4O/c1-30-21-13-7-17(8-14-21)16-26-29-24-27-22(18-5-3-2-4-6-18)15-23(28-24)19-9-11-20(25)12-10-19/h2-16H,1H3,(H,27,28,29)/b26-16-. The minimum Gasteiger partial charge on any atom is -0.497 e. The topological polar surface area (TPSA) is 59.4 Å². The highest BCUT2D eigenvalue weighted by Gasteiger charge is 2.08. The summed E-state index contributed by atoms with van der Waals surface area (Å²) >= 11 is 6.03. The molecule has 1 N–H and O–H groups in total. The van der Waals surface area contributed by atoms with Gasteiger partial charge in [-0.05, 0) is 48.0 Å². The highest BCUT2D eigenvalue weighted by molar-refractivity contribution is 6.30. The van der Waals surface area contributed by atoms with Crippen LogP contribution >= 0.6 is 11.6 Å². The van der Waals surface area contributed by atoms with Gasteiger partial charge in [-0.3, -0.25) is 0 Å². The summed E-state index contributed by atoms with van der Waals surface area (Å²) in [5.41, 5.74) is 7.40. The van der Waals surface area contributed by atoms with Crippen molar-refractivity contribution < 1.29 is 4.74 Å². The van der Waals surface area contributed by atoms with Gasteiger partial charge in [-0.15, -0.1) is 0 Å². The number of rotatable bonds is 6. The maximum Gasteiger partial charge on any atom is 0.244 e. The van der Waals surface area contributed by atoms with Gasteiger partial charge in [0.15, 0.2) is 0 Å². The van der Waals surface area contributed by atoms with Crippen LogP contribution in [0.3, 0.4) is 0 Å². The van der Waals surface area contributed by atoms with E-state index in [1.165, 1.54) is 0 Å². The first kappa shape index (κ1) is 19.6. The number of nitrogens with zero attached hydrogens (tertiary/aromatic N) is 3. The quantitative estimate of drug-likeness (QED) is 0.314. The van der Waals surface area contributed by atoms with Crippen LogP contribution < -0.4 is 10.2 Å². The first-order valence-electron chi connectivity index (χ1n) is 9.35. The van der Waals surface area contributed by atoms with Gasteiger partial charge in [0.1, 0.15) is 5.75 Å². The van der Waals surface area contributed by atoms with Crippen molar-refractivity contribution in [1.29, 1.82) is 0 Å². The first-order valence-corrected chi connectivity index (χ1v) is 9.72. The lowest BCUT2D eigenvalue weighted by Crippen LogP contribution is -2.00. The Morgan fingerprint density at radius 2 is 1.47 bits per heavy atom. The van der Waals surface area contributed by atoms with E-state index >= 15 is 0 Å². The molecule has 4 rings (SSSR count). The van der Waals surface area contributed by atoms with Crippen LogP contribution in [0.5, 0.6) is 5.75 Å². The highest BCUT2D eigenvalue weighted by Crippen LogP contribution is 2.26. The van der Waals surface area contributed by atoms with Crippen molar-refractivity contribution in [3.63, 3.8) is 0 Å². The predicted molar refractivity (Wildman–Crippen MR) is 122 cm³/mol. The molecule has 0 amide bonds. The van der Waals surface area contributed by atoms with Gasteiger partial charge in [0.2, 0.25) is 5.95 Å². The maximum atomic E-state index is 6.03. The Hall–Kier alpha value is -3.70. The van der Waals surface area contributed by atoms with Gasteiger partial charge in [-0.25, -0.2) is 15.4 Å². The number of anilines is 1. The van der Waals surface area contributed by atoms with Crippen LogP contribution in [-0.4, -0.2) is 23.3 Å². The monoisotopic (exact) mass is 414 g/mol. The van der Waals surface area contributed by atoms with Crippen molar-refractivity contribution in [2.45, 2.75) is 0 Å². The van der Waals surface area contributed by atoms with Crippen molar-refractivity contribution in [1.82, 2.24) is 9.97 Å². The molecule has 3 aromatic carbocycles. The fourth-order valence-electron chi connectivity index (χ4n) is 2.88. The molecule has 30 heavy (non-hydrogen) atoms. The molecule has 1 heterocycles. The molecule has 0 aliphatic carbocycles. The molecular formula is C24H19ClN4O. The third-order valence-electron chi connectivity index (χ3n) is 4.43. The number of hydrogen-bond acceptors (Lipinski definition) is 5. The van der Waals surface area contributed by atoms with Crippen molar-refractivity contribution in [3.05, 3.63) is 95.5 Å². The lowest BCUT2D eigenvalue weighted by Gasteiger charge is -2.08. The molecule has 6 heteroatoms. The van der Waals surface area contributed by atoms with E-state index in [1.54, 1.807) is 13.3 Å². The van der Waals surface area contributed by atoms with Crippen LogP contribution in [0.1, 0.15) is 5.56 Å². The van der Waals surface area contributed by atoms with Gasteiger partial charge in [-0.2, -0.15) is 5.10 Å². The van der Waals surface area contributed by atoms with E-state index in [9.17, 15) is 0 Å². The lowest BCUT2D eigenvalue weighted by atomic mass is 10.1. The summed E-state index contributed by atoms with van der Waals surface area (Å²) in [6.07, 6.45) is 1.71. The molecule has 1 aromatic heterocycles. The zero-order chi connectivity index (χ0) is 20.8. The summed E-state index contributed by atoms with van der Waals surface area (Å²) in [5.74, 6) is 1.21. The number of hydrogen-bond donors (Lipinski definition) is 1. The molecule has 0 fully saturated rings. The number of benzene rings is 3. The van der Waals surface area contributed by atoms with Crippen LogP contribution in [-0.2, 0) is 0 Å². The van der Waals surface area contributed by atoms with E-state index in [2.05, 4.69) is 20.5 Å². The Kier molecular flexibility index (Phi) is 6.01. The molecule has 0 saturated carbocycles. The van der Waals surface area contributed by atoms with E-state index in [4.69, 9.17) is 16.3 Å².